The number of halogens is 3. The van der Waals surface area contributed by atoms with Crippen molar-refractivity contribution in [1.29, 1.82) is 0 Å². The molecular formula is C32H27F3N2O2. The normalized spacial score (nSPS) is 11.4. The number of anilines is 1. The van der Waals surface area contributed by atoms with Crippen LogP contribution in [0.1, 0.15) is 22.3 Å². The topological polar surface area (TPSA) is 43.4 Å². The van der Waals surface area contributed by atoms with Crippen molar-refractivity contribution in [3.8, 4) is 22.6 Å². The molecule has 0 spiro atoms. The van der Waals surface area contributed by atoms with Crippen LogP contribution in [0.25, 0.3) is 22.0 Å². The largest absolute Gasteiger partial charge is 0.493 e. The molecule has 1 N–H and O–H groups in total. The van der Waals surface area contributed by atoms with Gasteiger partial charge in [-0.3, -0.25) is 4.98 Å². The molecule has 0 amide bonds. The number of para-hydroxylation sites is 1. The summed E-state index contributed by atoms with van der Waals surface area (Å²) >= 11 is 0. The molecule has 4 aromatic carbocycles. The van der Waals surface area contributed by atoms with Gasteiger partial charge in [0.25, 0.3) is 0 Å². The highest BCUT2D eigenvalue weighted by Gasteiger charge is 2.33. The molecule has 0 aliphatic rings. The minimum Gasteiger partial charge on any atom is -0.493 e. The van der Waals surface area contributed by atoms with Crippen LogP contribution in [0.3, 0.4) is 0 Å². The second kappa shape index (κ2) is 11.1. The molecule has 0 unspecified atom stereocenters. The number of hydrogen-bond donors (Lipinski definition) is 1. The van der Waals surface area contributed by atoms with Gasteiger partial charge in [0.1, 0.15) is 0 Å². The van der Waals surface area contributed by atoms with Crippen LogP contribution in [0, 0.1) is 0 Å². The number of pyridine rings is 1. The van der Waals surface area contributed by atoms with Gasteiger partial charge in [-0.15, -0.1) is 0 Å². The Labute approximate surface area is 225 Å². The van der Waals surface area contributed by atoms with E-state index in [1.165, 1.54) is 6.07 Å². The van der Waals surface area contributed by atoms with Gasteiger partial charge in [0.2, 0.25) is 0 Å². The van der Waals surface area contributed by atoms with E-state index < -0.39 is 11.7 Å². The first-order valence-corrected chi connectivity index (χ1v) is 12.4. The number of aromatic nitrogens is 1. The standard InChI is InChI=1S/C32H27F3N2O2/c1-38-28-15-14-22(17-29(28)39-2)19-36-25-11-6-10-23(18-25)30-24(16-21-8-4-3-5-9-21)20-37-31-26(30)12-7-13-27(31)32(33,34)35/h3-15,17-18,20,36H,16,19H2,1-2H3. The van der Waals surface area contributed by atoms with Gasteiger partial charge in [-0.25, -0.2) is 0 Å². The number of nitrogens with one attached hydrogen (secondary N) is 1. The smallest absolute Gasteiger partial charge is 0.418 e. The molecule has 4 nitrogen and oxygen atoms in total. The Morgan fingerprint density at radius 2 is 1.54 bits per heavy atom. The van der Waals surface area contributed by atoms with Gasteiger partial charge < -0.3 is 14.8 Å². The van der Waals surface area contributed by atoms with Crippen molar-refractivity contribution in [2.45, 2.75) is 19.1 Å². The summed E-state index contributed by atoms with van der Waals surface area (Å²) in [5.74, 6) is 1.29. The number of hydrogen-bond acceptors (Lipinski definition) is 4. The summed E-state index contributed by atoms with van der Waals surface area (Å²) < 4.78 is 52.3. The number of benzene rings is 4. The molecule has 0 aliphatic heterocycles. The van der Waals surface area contributed by atoms with Crippen molar-refractivity contribution < 1.29 is 22.6 Å². The second-order valence-electron chi connectivity index (χ2n) is 9.14. The van der Waals surface area contributed by atoms with Crippen molar-refractivity contribution in [3.63, 3.8) is 0 Å². The fourth-order valence-electron chi connectivity index (χ4n) is 4.76. The maximum Gasteiger partial charge on any atom is 0.418 e. The van der Waals surface area contributed by atoms with Crippen molar-refractivity contribution in [2.75, 3.05) is 19.5 Å². The number of rotatable bonds is 8. The predicted octanol–water partition coefficient (Wildman–Crippen LogP) is 8.14. The molecule has 1 heterocycles. The molecule has 5 rings (SSSR count). The minimum atomic E-state index is -4.51. The number of nitrogens with zero attached hydrogens (tertiary/aromatic N) is 1. The van der Waals surface area contributed by atoms with E-state index in [4.69, 9.17) is 9.47 Å². The summed E-state index contributed by atoms with van der Waals surface area (Å²) in [4.78, 5) is 4.30. The van der Waals surface area contributed by atoms with Crippen LogP contribution in [-0.2, 0) is 19.1 Å². The number of fused-ring (bicyclic) bond motifs is 1. The van der Waals surface area contributed by atoms with Crippen molar-refractivity contribution in [2.24, 2.45) is 0 Å². The second-order valence-corrected chi connectivity index (χ2v) is 9.14. The molecule has 0 radical (unpaired) electrons. The van der Waals surface area contributed by atoms with Gasteiger partial charge in [0.15, 0.2) is 11.5 Å². The quantitative estimate of drug-likeness (QED) is 0.221. The van der Waals surface area contributed by atoms with Gasteiger partial charge in [0, 0.05) is 23.8 Å². The third-order valence-corrected chi connectivity index (χ3v) is 6.61. The van der Waals surface area contributed by atoms with Crippen LogP contribution in [0.4, 0.5) is 18.9 Å². The first kappa shape index (κ1) is 26.1. The third-order valence-electron chi connectivity index (χ3n) is 6.61. The molecule has 39 heavy (non-hydrogen) atoms. The molecule has 0 saturated heterocycles. The molecule has 0 fully saturated rings. The minimum absolute atomic E-state index is 0.0551. The lowest BCUT2D eigenvalue weighted by Crippen LogP contribution is -2.07. The van der Waals surface area contributed by atoms with Crippen LogP contribution >= 0.6 is 0 Å². The summed E-state index contributed by atoms with van der Waals surface area (Å²) in [5, 5.41) is 3.89. The molecule has 0 atom stereocenters. The zero-order valence-electron chi connectivity index (χ0n) is 21.5. The molecular weight excluding hydrogens is 501 g/mol. The number of methoxy groups -OCH3 is 2. The lowest BCUT2D eigenvalue weighted by atomic mass is 9.91. The van der Waals surface area contributed by atoms with Gasteiger partial charge in [-0.1, -0.05) is 60.7 Å². The monoisotopic (exact) mass is 528 g/mol. The van der Waals surface area contributed by atoms with E-state index >= 15 is 0 Å². The summed E-state index contributed by atoms with van der Waals surface area (Å²) in [6.07, 6.45) is -2.39. The molecule has 1 aromatic heterocycles. The van der Waals surface area contributed by atoms with Crippen molar-refractivity contribution in [1.82, 2.24) is 4.98 Å². The Bertz CT molecular complexity index is 1600. The predicted molar refractivity (Wildman–Crippen MR) is 148 cm³/mol. The van der Waals surface area contributed by atoms with E-state index in [-0.39, 0.29) is 5.52 Å². The van der Waals surface area contributed by atoms with Crippen molar-refractivity contribution >= 4 is 16.6 Å². The zero-order valence-corrected chi connectivity index (χ0v) is 21.5. The highest BCUT2D eigenvalue weighted by atomic mass is 19.4. The highest BCUT2D eigenvalue weighted by molar-refractivity contribution is 5.98. The van der Waals surface area contributed by atoms with E-state index in [1.54, 1.807) is 26.5 Å². The molecule has 198 valence electrons. The van der Waals surface area contributed by atoms with E-state index in [9.17, 15) is 13.2 Å². The first-order chi connectivity index (χ1) is 18.9. The van der Waals surface area contributed by atoms with Gasteiger partial charge in [0.05, 0.1) is 25.3 Å². The zero-order chi connectivity index (χ0) is 27.4. The SMILES string of the molecule is COc1ccc(CNc2cccc(-c3c(Cc4ccccc4)cnc4c(C(F)(F)F)cccc34)c2)cc1OC. The van der Waals surface area contributed by atoms with Gasteiger partial charge in [-0.2, -0.15) is 13.2 Å². The Hall–Kier alpha value is -4.52. The van der Waals surface area contributed by atoms with Gasteiger partial charge >= 0.3 is 6.18 Å². The third kappa shape index (κ3) is 5.67. The van der Waals surface area contributed by atoms with E-state index in [2.05, 4.69) is 10.3 Å². The molecule has 7 heteroatoms. The van der Waals surface area contributed by atoms with E-state index in [0.717, 1.165) is 39.6 Å². The summed E-state index contributed by atoms with van der Waals surface area (Å²) in [5.41, 5.74) is 4.49. The Balaban J connectivity index is 1.56. The fraction of sp³-hybridized carbons (Fsp3) is 0.156. The fourth-order valence-corrected chi connectivity index (χ4v) is 4.76. The van der Waals surface area contributed by atoms with Crippen LogP contribution < -0.4 is 14.8 Å². The van der Waals surface area contributed by atoms with Crippen LogP contribution in [0.2, 0.25) is 0 Å². The van der Waals surface area contributed by atoms with Crippen LogP contribution in [-0.4, -0.2) is 19.2 Å². The molecule has 0 aliphatic carbocycles. The summed E-state index contributed by atoms with van der Waals surface area (Å²) in [7, 11) is 3.18. The highest BCUT2D eigenvalue weighted by Crippen LogP contribution is 2.39. The Morgan fingerprint density at radius 3 is 2.28 bits per heavy atom. The average Bonchev–Trinajstić information content (AvgIpc) is 2.95. The van der Waals surface area contributed by atoms with Crippen LogP contribution in [0.5, 0.6) is 11.5 Å². The van der Waals surface area contributed by atoms with Crippen LogP contribution in [0.15, 0.2) is 97.2 Å². The molecule has 0 bridgehead atoms. The molecule has 5 aromatic rings. The van der Waals surface area contributed by atoms with E-state index in [0.29, 0.717) is 29.9 Å². The average molecular weight is 529 g/mol. The van der Waals surface area contributed by atoms with Gasteiger partial charge in [-0.05, 0) is 64.6 Å². The Morgan fingerprint density at radius 1 is 0.769 bits per heavy atom. The summed E-state index contributed by atoms with van der Waals surface area (Å²) in [6, 6.07) is 27.5. The van der Waals surface area contributed by atoms with E-state index in [1.807, 2.05) is 72.8 Å². The maximum absolute atomic E-state index is 13.9. The van der Waals surface area contributed by atoms with Crippen molar-refractivity contribution in [3.05, 3.63) is 119 Å². The number of alkyl halides is 3. The maximum atomic E-state index is 13.9. The number of ether oxygens (including phenoxy) is 2. The lowest BCUT2D eigenvalue weighted by molar-refractivity contribution is -0.136. The first-order valence-electron chi connectivity index (χ1n) is 12.4. The summed E-state index contributed by atoms with van der Waals surface area (Å²) in [6.45, 7) is 0.524. The molecule has 0 saturated carbocycles. The Kier molecular flexibility index (Phi) is 7.41. The lowest BCUT2D eigenvalue weighted by Gasteiger charge is -2.17.